The maximum absolute atomic E-state index is 4.94. The van der Waals surface area contributed by atoms with E-state index in [1.54, 1.807) is 0 Å². The summed E-state index contributed by atoms with van der Waals surface area (Å²) in [4.78, 5) is 9.86. The van der Waals surface area contributed by atoms with Crippen LogP contribution in [0, 0.1) is 0 Å². The van der Waals surface area contributed by atoms with Gasteiger partial charge < -0.3 is 0 Å². The molecule has 0 aromatic heterocycles. The van der Waals surface area contributed by atoms with E-state index in [9.17, 15) is 0 Å². The van der Waals surface area contributed by atoms with Gasteiger partial charge in [-0.2, -0.15) is 0 Å². The van der Waals surface area contributed by atoms with Crippen molar-refractivity contribution >= 4 is 17.2 Å². The summed E-state index contributed by atoms with van der Waals surface area (Å²) in [6.45, 7) is 4.19. The Hall–Kier alpha value is -4.04. The van der Waals surface area contributed by atoms with Gasteiger partial charge in [0.05, 0.1) is 11.4 Å². The van der Waals surface area contributed by atoms with E-state index in [4.69, 9.17) is 9.98 Å². The van der Waals surface area contributed by atoms with E-state index in [1.807, 2.05) is 19.1 Å². The molecule has 1 aliphatic heterocycles. The third-order valence-electron chi connectivity index (χ3n) is 6.30. The highest BCUT2D eigenvalue weighted by Gasteiger charge is 2.13. The molecule has 0 bridgehead atoms. The number of rotatable bonds is 4. The van der Waals surface area contributed by atoms with E-state index in [1.165, 1.54) is 27.8 Å². The maximum Gasteiger partial charge on any atom is 0.126 e. The van der Waals surface area contributed by atoms with Gasteiger partial charge in [-0.3, -0.25) is 0 Å². The van der Waals surface area contributed by atoms with Gasteiger partial charge in [0.25, 0.3) is 0 Å². The van der Waals surface area contributed by atoms with Crippen LogP contribution in [0.1, 0.15) is 37.8 Å². The van der Waals surface area contributed by atoms with E-state index in [0.29, 0.717) is 0 Å². The Morgan fingerprint density at radius 1 is 0.441 bits per heavy atom. The summed E-state index contributed by atoms with van der Waals surface area (Å²) in [5, 5.41) is 0. The zero-order valence-electron chi connectivity index (χ0n) is 19.7. The third-order valence-corrected chi connectivity index (χ3v) is 6.30. The van der Waals surface area contributed by atoms with Gasteiger partial charge in [-0.25, -0.2) is 9.98 Å². The van der Waals surface area contributed by atoms with Crippen molar-refractivity contribution in [1.82, 2.24) is 0 Å². The molecule has 0 unspecified atom stereocenters. The minimum absolute atomic E-state index is 0.795. The van der Waals surface area contributed by atoms with Gasteiger partial charge >= 0.3 is 0 Å². The van der Waals surface area contributed by atoms with Gasteiger partial charge in [0.1, 0.15) is 5.84 Å². The summed E-state index contributed by atoms with van der Waals surface area (Å²) in [5.41, 5.74) is 10.6. The lowest BCUT2D eigenvalue weighted by molar-refractivity contribution is 1.00. The Morgan fingerprint density at radius 2 is 0.882 bits per heavy atom. The highest BCUT2D eigenvalue weighted by molar-refractivity contribution is 6.08. The standard InChI is InChI=1S/C32H28N2/c1-23-13-22-31(29-18-14-27(15-19-29)25-9-5-3-6-10-25)33-24(2)34-32(23)30-20-16-28(17-21-30)26-11-7-4-8-12-26/h3-12,14-21H,13,22H2,1-2H3/b32-23+,33-31+,34-24-. The van der Waals surface area contributed by atoms with E-state index >= 15 is 0 Å². The second-order valence-electron chi connectivity index (χ2n) is 8.73. The average Bonchev–Trinajstić information content (AvgIpc) is 2.90. The van der Waals surface area contributed by atoms with E-state index in [0.717, 1.165) is 41.2 Å². The molecule has 5 rings (SSSR count). The molecule has 0 spiro atoms. The van der Waals surface area contributed by atoms with E-state index < -0.39 is 0 Å². The summed E-state index contributed by atoms with van der Waals surface area (Å²) in [6, 6.07) is 38.4. The minimum Gasteiger partial charge on any atom is -0.238 e. The van der Waals surface area contributed by atoms with Gasteiger partial charge in [0, 0.05) is 5.56 Å². The Bertz CT molecular complexity index is 1360. The van der Waals surface area contributed by atoms with Crippen molar-refractivity contribution in [3.63, 3.8) is 0 Å². The molecule has 0 radical (unpaired) electrons. The minimum atomic E-state index is 0.795. The van der Waals surface area contributed by atoms with Crippen LogP contribution in [0.15, 0.2) is 125 Å². The van der Waals surface area contributed by atoms with Crippen molar-refractivity contribution < 1.29 is 0 Å². The molecule has 1 heterocycles. The molecule has 0 atom stereocenters. The molecular weight excluding hydrogens is 412 g/mol. The zero-order chi connectivity index (χ0) is 23.3. The van der Waals surface area contributed by atoms with Gasteiger partial charge in [0.15, 0.2) is 0 Å². The quantitative estimate of drug-likeness (QED) is 0.304. The summed E-state index contributed by atoms with van der Waals surface area (Å²) in [7, 11) is 0. The van der Waals surface area contributed by atoms with Gasteiger partial charge in [-0.15, -0.1) is 0 Å². The number of benzene rings is 4. The first kappa shape index (κ1) is 21.8. The molecule has 0 fully saturated rings. The highest BCUT2D eigenvalue weighted by Crippen LogP contribution is 2.29. The van der Waals surface area contributed by atoms with Crippen LogP contribution in [0.2, 0.25) is 0 Å². The monoisotopic (exact) mass is 440 g/mol. The zero-order valence-corrected chi connectivity index (χ0v) is 19.7. The smallest absolute Gasteiger partial charge is 0.126 e. The third kappa shape index (κ3) is 4.82. The number of aliphatic imine (C=N–C) groups is 2. The van der Waals surface area contributed by atoms with Crippen LogP contribution >= 0.6 is 0 Å². The first-order chi connectivity index (χ1) is 16.7. The summed E-state index contributed by atoms with van der Waals surface area (Å²) >= 11 is 0. The van der Waals surface area contributed by atoms with Gasteiger partial charge in [0.2, 0.25) is 0 Å². The van der Waals surface area contributed by atoms with Crippen LogP contribution < -0.4 is 0 Å². The summed E-state index contributed by atoms with van der Waals surface area (Å²) in [5.74, 6) is 0.795. The maximum atomic E-state index is 4.94. The fourth-order valence-electron chi connectivity index (χ4n) is 4.41. The molecule has 0 N–H and O–H groups in total. The molecule has 0 saturated heterocycles. The first-order valence-electron chi connectivity index (χ1n) is 11.8. The van der Waals surface area contributed by atoms with E-state index in [-0.39, 0.29) is 0 Å². The van der Waals surface area contributed by atoms with Crippen LogP contribution in [0.4, 0.5) is 0 Å². The predicted octanol–water partition coefficient (Wildman–Crippen LogP) is 8.45. The summed E-state index contributed by atoms with van der Waals surface area (Å²) in [6.07, 6.45) is 1.83. The molecule has 0 amide bonds. The molecule has 2 nitrogen and oxygen atoms in total. The highest BCUT2D eigenvalue weighted by atomic mass is 14.9. The fourth-order valence-corrected chi connectivity index (χ4v) is 4.41. The molecule has 4 aromatic rings. The van der Waals surface area contributed by atoms with Crippen molar-refractivity contribution in [3.8, 4) is 22.3 Å². The Kier molecular flexibility index (Phi) is 6.31. The lowest BCUT2D eigenvalue weighted by Crippen LogP contribution is -2.07. The summed E-state index contributed by atoms with van der Waals surface area (Å²) < 4.78 is 0. The Morgan fingerprint density at radius 3 is 1.41 bits per heavy atom. The molecule has 1 aliphatic rings. The molecule has 2 heteroatoms. The molecule has 0 aliphatic carbocycles. The van der Waals surface area contributed by atoms with Crippen molar-refractivity contribution in [3.05, 3.63) is 126 Å². The van der Waals surface area contributed by atoms with Crippen molar-refractivity contribution in [2.75, 3.05) is 0 Å². The fraction of sp³-hybridized carbons (Fsp3) is 0.125. The molecule has 4 aromatic carbocycles. The largest absolute Gasteiger partial charge is 0.238 e. The second-order valence-corrected chi connectivity index (χ2v) is 8.73. The Labute approximate surface area is 202 Å². The predicted molar refractivity (Wildman–Crippen MR) is 145 cm³/mol. The van der Waals surface area contributed by atoms with Crippen LogP contribution in [0.3, 0.4) is 0 Å². The number of hydrogen-bond acceptors (Lipinski definition) is 2. The second kappa shape index (κ2) is 9.84. The first-order valence-corrected chi connectivity index (χ1v) is 11.8. The molecule has 0 saturated carbocycles. The SMILES string of the molecule is CC1=N/C(c2ccc(-c3ccccc3)cc2)=C(\C)CC/C(c2ccc(-c3ccccc3)cc2)=N\1. The van der Waals surface area contributed by atoms with Crippen LogP contribution in [-0.4, -0.2) is 11.5 Å². The van der Waals surface area contributed by atoms with Crippen LogP contribution in [-0.2, 0) is 0 Å². The normalized spacial score (nSPS) is 19.4. The van der Waals surface area contributed by atoms with Crippen molar-refractivity contribution in [2.24, 2.45) is 9.98 Å². The van der Waals surface area contributed by atoms with Crippen LogP contribution in [0.25, 0.3) is 28.0 Å². The van der Waals surface area contributed by atoms with Crippen molar-refractivity contribution in [2.45, 2.75) is 26.7 Å². The number of nitrogens with zero attached hydrogens (tertiary/aromatic N) is 2. The molecular formula is C32H28N2. The number of allylic oxidation sites excluding steroid dienone is 1. The topological polar surface area (TPSA) is 24.7 Å². The van der Waals surface area contributed by atoms with Crippen molar-refractivity contribution in [1.29, 1.82) is 0 Å². The van der Waals surface area contributed by atoms with E-state index in [2.05, 4.69) is 104 Å². The lowest BCUT2D eigenvalue weighted by Gasteiger charge is -2.15. The van der Waals surface area contributed by atoms with Gasteiger partial charge in [-0.1, -0.05) is 109 Å². The molecule has 166 valence electrons. The van der Waals surface area contributed by atoms with Crippen LogP contribution in [0.5, 0.6) is 0 Å². The number of hydrogen-bond donors (Lipinski definition) is 0. The van der Waals surface area contributed by atoms with Gasteiger partial charge in [-0.05, 0) is 60.1 Å². The number of amidine groups is 1. The Balaban J connectivity index is 1.40. The lowest BCUT2D eigenvalue weighted by atomic mass is 9.96. The average molecular weight is 441 g/mol. The molecule has 34 heavy (non-hydrogen) atoms.